The van der Waals surface area contributed by atoms with Gasteiger partial charge in [0.15, 0.2) is 0 Å². The number of halogens is 1. The van der Waals surface area contributed by atoms with Gasteiger partial charge in [-0.2, -0.15) is 9.97 Å². The topological polar surface area (TPSA) is 111 Å². The zero-order valence-electron chi connectivity index (χ0n) is 18.2. The summed E-state index contributed by atoms with van der Waals surface area (Å²) in [7, 11) is 0. The van der Waals surface area contributed by atoms with Gasteiger partial charge in [-0.25, -0.2) is 4.39 Å². The average Bonchev–Trinajstić information content (AvgIpc) is 3.15. The summed E-state index contributed by atoms with van der Waals surface area (Å²) >= 11 is 0. The van der Waals surface area contributed by atoms with Crippen LogP contribution in [-0.2, 0) is 4.74 Å². The second-order valence-corrected chi connectivity index (χ2v) is 8.26. The zero-order chi connectivity index (χ0) is 22.0. The van der Waals surface area contributed by atoms with Crippen molar-refractivity contribution in [2.24, 2.45) is 0 Å². The molecule has 2 aliphatic rings. The summed E-state index contributed by atoms with van der Waals surface area (Å²) in [6.45, 7) is 8.38. The zero-order valence-corrected chi connectivity index (χ0v) is 18.2. The Labute approximate surface area is 180 Å². The number of likely N-dealkylation sites (tertiary alicyclic amines) is 1. The first-order valence-corrected chi connectivity index (χ1v) is 10.6. The van der Waals surface area contributed by atoms with Crippen molar-refractivity contribution in [2.75, 3.05) is 38.2 Å². The van der Waals surface area contributed by atoms with Crippen LogP contribution in [0.15, 0.2) is 23.7 Å². The fourth-order valence-corrected chi connectivity index (χ4v) is 4.06. The highest BCUT2D eigenvalue weighted by Crippen LogP contribution is 2.29. The van der Waals surface area contributed by atoms with E-state index in [-0.39, 0.29) is 6.04 Å². The number of alkyl halides is 1. The summed E-state index contributed by atoms with van der Waals surface area (Å²) in [6, 6.07) is 1.83. The molecule has 0 aromatic carbocycles. The van der Waals surface area contributed by atoms with Crippen LogP contribution in [0.25, 0.3) is 11.0 Å². The molecule has 0 amide bonds. The number of fused-ring (bicyclic) bond motifs is 1. The molecular formula is C21H30FN7O2. The minimum atomic E-state index is -1.40. The Hall–Kier alpha value is -2.72. The van der Waals surface area contributed by atoms with Gasteiger partial charge >= 0.3 is 0 Å². The van der Waals surface area contributed by atoms with Gasteiger partial charge in [-0.3, -0.25) is 4.90 Å². The molecule has 0 radical (unpaired) electrons. The molecular weight excluding hydrogens is 401 g/mol. The summed E-state index contributed by atoms with van der Waals surface area (Å²) < 4.78 is 26.3. The number of nitrogens with zero attached hydrogens (tertiary/aromatic N) is 3. The highest BCUT2D eigenvalue weighted by molar-refractivity contribution is 5.84. The van der Waals surface area contributed by atoms with Crippen molar-refractivity contribution < 1.29 is 13.9 Å². The number of hydrogen-bond donors (Lipinski definition) is 4. The predicted molar refractivity (Wildman–Crippen MR) is 117 cm³/mol. The number of ether oxygens (including phenoxy) is 2. The first-order valence-electron chi connectivity index (χ1n) is 10.6. The maximum absolute atomic E-state index is 15.4. The lowest BCUT2D eigenvalue weighted by Gasteiger charge is -2.47. The highest BCUT2D eigenvalue weighted by Gasteiger charge is 2.43. The maximum Gasteiger partial charge on any atom is 0.232 e. The third kappa shape index (κ3) is 4.49. The average molecular weight is 432 g/mol. The van der Waals surface area contributed by atoms with E-state index in [0.717, 1.165) is 11.9 Å². The molecule has 4 heterocycles. The van der Waals surface area contributed by atoms with Crippen molar-refractivity contribution in [1.29, 1.82) is 5.41 Å². The summed E-state index contributed by atoms with van der Waals surface area (Å²) in [5, 5.41) is 15.0. The smallest absolute Gasteiger partial charge is 0.232 e. The summed E-state index contributed by atoms with van der Waals surface area (Å²) in [6.07, 6.45) is 3.63. The van der Waals surface area contributed by atoms with E-state index in [1.54, 1.807) is 13.1 Å². The number of allylic oxidation sites excluding steroid dienone is 2. The number of H-pyrrole nitrogens is 1. The van der Waals surface area contributed by atoms with Crippen LogP contribution in [0, 0.1) is 5.41 Å². The second kappa shape index (κ2) is 8.80. The standard InChI is InChI=1S/C21H30FN7O2/c1-4-31-19-15-5-7-24-18(15)27-20(28-19)26-16(9-23)13(2)25-17-6-8-29(12-21(17,3)22)14-10-30-11-14/h5,7,9,14,17,23,25H,4,6,8,10-12H2,1-3H3,(H2,24,26,27,28)/b16-13+,23-9?. The number of aromatic nitrogens is 3. The summed E-state index contributed by atoms with van der Waals surface area (Å²) in [5.74, 6) is 0.774. The Bertz CT molecular complexity index is 970. The number of piperidine rings is 1. The van der Waals surface area contributed by atoms with Gasteiger partial charge in [-0.1, -0.05) is 0 Å². The number of anilines is 1. The Balaban J connectivity index is 1.49. The molecule has 4 N–H and O–H groups in total. The minimum Gasteiger partial charge on any atom is -0.477 e. The minimum absolute atomic E-state index is 0.306. The molecule has 0 aliphatic carbocycles. The van der Waals surface area contributed by atoms with Gasteiger partial charge < -0.3 is 30.5 Å². The summed E-state index contributed by atoms with van der Waals surface area (Å²) in [4.78, 5) is 14.1. The quantitative estimate of drug-likeness (QED) is 0.475. The molecule has 168 valence electrons. The predicted octanol–water partition coefficient (Wildman–Crippen LogP) is 2.44. The van der Waals surface area contributed by atoms with Crippen molar-refractivity contribution in [1.82, 2.24) is 25.2 Å². The first-order chi connectivity index (χ1) is 14.9. The fourth-order valence-electron chi connectivity index (χ4n) is 4.06. The van der Waals surface area contributed by atoms with E-state index in [4.69, 9.17) is 14.9 Å². The van der Waals surface area contributed by atoms with Crippen molar-refractivity contribution >= 4 is 23.2 Å². The van der Waals surface area contributed by atoms with Gasteiger partial charge in [0.25, 0.3) is 0 Å². The lowest BCUT2D eigenvalue weighted by Crippen LogP contribution is -2.62. The van der Waals surface area contributed by atoms with Crippen LogP contribution in [0.4, 0.5) is 10.3 Å². The van der Waals surface area contributed by atoms with Crippen LogP contribution in [0.1, 0.15) is 27.2 Å². The van der Waals surface area contributed by atoms with E-state index in [9.17, 15) is 0 Å². The van der Waals surface area contributed by atoms with E-state index >= 15 is 4.39 Å². The Morgan fingerprint density at radius 1 is 1.48 bits per heavy atom. The molecule has 2 aromatic heterocycles. The van der Waals surface area contributed by atoms with Crippen molar-refractivity contribution in [3.8, 4) is 5.88 Å². The lowest BCUT2D eigenvalue weighted by molar-refractivity contribution is -0.0960. The van der Waals surface area contributed by atoms with Crippen molar-refractivity contribution in [2.45, 2.75) is 44.9 Å². The van der Waals surface area contributed by atoms with Crippen LogP contribution in [0.3, 0.4) is 0 Å². The molecule has 10 heteroatoms. The monoisotopic (exact) mass is 431 g/mol. The van der Waals surface area contributed by atoms with Crippen LogP contribution >= 0.6 is 0 Å². The van der Waals surface area contributed by atoms with Gasteiger partial charge in [-0.05, 0) is 33.3 Å². The fraction of sp³-hybridized carbons (Fsp3) is 0.571. The molecule has 0 saturated carbocycles. The molecule has 2 fully saturated rings. The molecule has 9 nitrogen and oxygen atoms in total. The third-order valence-electron chi connectivity index (χ3n) is 5.93. The molecule has 2 aromatic rings. The van der Waals surface area contributed by atoms with Gasteiger partial charge in [-0.15, -0.1) is 0 Å². The van der Waals surface area contributed by atoms with Gasteiger partial charge in [0.1, 0.15) is 11.3 Å². The third-order valence-corrected chi connectivity index (χ3v) is 5.93. The molecule has 2 saturated heterocycles. The molecule has 0 bridgehead atoms. The van der Waals surface area contributed by atoms with Crippen molar-refractivity contribution in [3.63, 3.8) is 0 Å². The molecule has 31 heavy (non-hydrogen) atoms. The van der Waals surface area contributed by atoms with Gasteiger partial charge in [0, 0.05) is 31.2 Å². The Morgan fingerprint density at radius 2 is 2.29 bits per heavy atom. The van der Waals surface area contributed by atoms with Gasteiger partial charge in [0.2, 0.25) is 11.8 Å². The van der Waals surface area contributed by atoms with Crippen LogP contribution in [0.2, 0.25) is 0 Å². The van der Waals surface area contributed by atoms with Crippen LogP contribution in [-0.4, -0.2) is 76.7 Å². The molecule has 0 spiro atoms. The van der Waals surface area contributed by atoms with E-state index < -0.39 is 5.67 Å². The van der Waals surface area contributed by atoms with E-state index in [0.29, 0.717) is 67.7 Å². The normalized spacial score (nSPS) is 25.6. The van der Waals surface area contributed by atoms with Gasteiger partial charge in [0.05, 0.1) is 43.0 Å². The van der Waals surface area contributed by atoms with Crippen molar-refractivity contribution in [3.05, 3.63) is 23.7 Å². The molecule has 2 unspecified atom stereocenters. The lowest BCUT2D eigenvalue weighted by atomic mass is 9.89. The first kappa shape index (κ1) is 21.5. The molecule has 2 aliphatic heterocycles. The SMILES string of the molecule is CCOc1nc(N/C(C=N)=C(\C)NC2CCN(C3COC3)CC2(C)F)nc2[nH]ccc12. The van der Waals surface area contributed by atoms with E-state index in [1.807, 2.05) is 19.9 Å². The molecule has 2 atom stereocenters. The number of aromatic amines is 1. The largest absolute Gasteiger partial charge is 0.477 e. The molecule has 4 rings (SSSR count). The Kier molecular flexibility index (Phi) is 6.10. The second-order valence-electron chi connectivity index (χ2n) is 8.26. The Morgan fingerprint density at radius 3 is 2.94 bits per heavy atom. The summed E-state index contributed by atoms with van der Waals surface area (Å²) in [5.41, 5.74) is 0.375. The number of nitrogens with one attached hydrogen (secondary N) is 4. The maximum atomic E-state index is 15.4. The van der Waals surface area contributed by atoms with E-state index in [2.05, 4.69) is 30.5 Å². The van der Waals surface area contributed by atoms with Crippen LogP contribution in [0.5, 0.6) is 5.88 Å². The van der Waals surface area contributed by atoms with E-state index in [1.165, 1.54) is 6.21 Å². The number of rotatable bonds is 8. The number of hydrogen-bond acceptors (Lipinski definition) is 8. The highest BCUT2D eigenvalue weighted by atomic mass is 19.1. The van der Waals surface area contributed by atoms with Crippen LogP contribution < -0.4 is 15.4 Å².